The summed E-state index contributed by atoms with van der Waals surface area (Å²) < 4.78 is 2.26. The van der Waals surface area contributed by atoms with E-state index in [4.69, 9.17) is 4.98 Å². The number of aryl methyl sites for hydroxylation is 1. The molecule has 4 rings (SSSR count). The lowest BCUT2D eigenvalue weighted by Gasteiger charge is -2.14. The molecule has 1 heterocycles. The van der Waals surface area contributed by atoms with Gasteiger partial charge in [-0.25, -0.2) is 4.98 Å². The van der Waals surface area contributed by atoms with Crippen molar-refractivity contribution in [3.05, 3.63) is 78.4 Å². The standard InChI is InChI=1S/C22H21N3/c1-16-8-4-6-10-20(16)25-21-11-7-5-9-19(21)23-22(25)17-12-14-18(15-13-17)24(2)3/h4-15H,1-3H3. The van der Waals surface area contributed by atoms with E-state index in [1.807, 2.05) is 6.07 Å². The number of hydrogen-bond acceptors (Lipinski definition) is 2. The number of benzene rings is 3. The van der Waals surface area contributed by atoms with Gasteiger partial charge in [0.15, 0.2) is 0 Å². The maximum Gasteiger partial charge on any atom is 0.145 e. The van der Waals surface area contributed by atoms with Gasteiger partial charge in [-0.2, -0.15) is 0 Å². The molecule has 0 amide bonds. The molecule has 1 aromatic heterocycles. The van der Waals surface area contributed by atoms with Crippen LogP contribution in [0, 0.1) is 6.92 Å². The highest BCUT2D eigenvalue weighted by molar-refractivity contribution is 5.83. The van der Waals surface area contributed by atoms with Crippen molar-refractivity contribution in [2.75, 3.05) is 19.0 Å². The zero-order chi connectivity index (χ0) is 17.4. The number of para-hydroxylation sites is 3. The molecule has 0 aliphatic rings. The van der Waals surface area contributed by atoms with Crippen LogP contribution in [0.3, 0.4) is 0 Å². The van der Waals surface area contributed by atoms with Crippen molar-refractivity contribution in [3.8, 4) is 17.1 Å². The van der Waals surface area contributed by atoms with Gasteiger partial charge >= 0.3 is 0 Å². The predicted molar refractivity (Wildman–Crippen MR) is 106 cm³/mol. The Kier molecular flexibility index (Phi) is 3.77. The summed E-state index contributed by atoms with van der Waals surface area (Å²) in [6.45, 7) is 2.14. The molecule has 0 aliphatic carbocycles. The quantitative estimate of drug-likeness (QED) is 0.524. The molecular weight excluding hydrogens is 306 g/mol. The molecule has 0 N–H and O–H groups in total. The third-order valence-electron chi connectivity index (χ3n) is 4.56. The summed E-state index contributed by atoms with van der Waals surface area (Å²) >= 11 is 0. The highest BCUT2D eigenvalue weighted by Gasteiger charge is 2.15. The van der Waals surface area contributed by atoms with Gasteiger partial charge in [-0.15, -0.1) is 0 Å². The Balaban J connectivity index is 1.98. The highest BCUT2D eigenvalue weighted by Crippen LogP contribution is 2.30. The van der Waals surface area contributed by atoms with Crippen LogP contribution in [0.5, 0.6) is 0 Å². The van der Waals surface area contributed by atoms with E-state index in [9.17, 15) is 0 Å². The fourth-order valence-electron chi connectivity index (χ4n) is 3.19. The average molecular weight is 327 g/mol. The molecule has 0 saturated heterocycles. The SMILES string of the molecule is Cc1ccccc1-n1c(-c2ccc(N(C)C)cc2)nc2ccccc21. The Labute approximate surface area is 148 Å². The van der Waals surface area contributed by atoms with Gasteiger partial charge in [-0.1, -0.05) is 30.3 Å². The zero-order valence-electron chi connectivity index (χ0n) is 14.8. The second-order valence-electron chi connectivity index (χ2n) is 6.49. The van der Waals surface area contributed by atoms with Crippen LogP contribution in [-0.4, -0.2) is 23.6 Å². The Morgan fingerprint density at radius 2 is 1.48 bits per heavy atom. The van der Waals surface area contributed by atoms with Crippen molar-refractivity contribution in [1.82, 2.24) is 9.55 Å². The summed E-state index contributed by atoms with van der Waals surface area (Å²) in [5.74, 6) is 0.973. The summed E-state index contributed by atoms with van der Waals surface area (Å²) in [6.07, 6.45) is 0. The Bertz CT molecular complexity index is 1030. The minimum absolute atomic E-state index is 0.973. The first kappa shape index (κ1) is 15.5. The molecule has 4 aromatic rings. The van der Waals surface area contributed by atoms with Crippen LogP contribution in [0.25, 0.3) is 28.1 Å². The molecule has 0 atom stereocenters. The first-order valence-corrected chi connectivity index (χ1v) is 8.46. The molecule has 3 nitrogen and oxygen atoms in total. The smallest absolute Gasteiger partial charge is 0.145 e. The van der Waals surface area contributed by atoms with Crippen molar-refractivity contribution in [1.29, 1.82) is 0 Å². The van der Waals surface area contributed by atoms with Gasteiger partial charge in [-0.3, -0.25) is 4.57 Å². The van der Waals surface area contributed by atoms with Crippen molar-refractivity contribution in [3.63, 3.8) is 0 Å². The fourth-order valence-corrected chi connectivity index (χ4v) is 3.19. The van der Waals surface area contributed by atoms with Gasteiger partial charge in [0.25, 0.3) is 0 Å². The van der Waals surface area contributed by atoms with Gasteiger partial charge in [0, 0.05) is 25.3 Å². The van der Waals surface area contributed by atoms with Gasteiger partial charge in [0.2, 0.25) is 0 Å². The molecule has 0 bridgehead atoms. The number of aromatic nitrogens is 2. The van der Waals surface area contributed by atoms with Crippen LogP contribution in [0.1, 0.15) is 5.56 Å². The monoisotopic (exact) mass is 327 g/mol. The third kappa shape index (κ3) is 2.68. The zero-order valence-corrected chi connectivity index (χ0v) is 14.8. The van der Waals surface area contributed by atoms with E-state index >= 15 is 0 Å². The highest BCUT2D eigenvalue weighted by atomic mass is 15.1. The maximum atomic E-state index is 4.92. The third-order valence-corrected chi connectivity index (χ3v) is 4.56. The van der Waals surface area contributed by atoms with E-state index in [-0.39, 0.29) is 0 Å². The molecule has 3 heteroatoms. The largest absolute Gasteiger partial charge is 0.378 e. The lowest BCUT2D eigenvalue weighted by molar-refractivity contribution is 1.08. The molecule has 25 heavy (non-hydrogen) atoms. The molecule has 0 aliphatic heterocycles. The molecular formula is C22H21N3. The van der Waals surface area contributed by atoms with Crippen LogP contribution in [0.15, 0.2) is 72.8 Å². The molecule has 0 radical (unpaired) electrons. The van der Waals surface area contributed by atoms with Crippen molar-refractivity contribution >= 4 is 16.7 Å². The Hall–Kier alpha value is -3.07. The van der Waals surface area contributed by atoms with Gasteiger partial charge in [0.1, 0.15) is 5.82 Å². The number of rotatable bonds is 3. The predicted octanol–water partition coefficient (Wildman–Crippen LogP) is 5.07. The lowest BCUT2D eigenvalue weighted by atomic mass is 10.1. The van der Waals surface area contributed by atoms with E-state index in [0.717, 1.165) is 22.4 Å². The lowest BCUT2D eigenvalue weighted by Crippen LogP contribution is -2.08. The summed E-state index contributed by atoms with van der Waals surface area (Å²) in [7, 11) is 4.11. The van der Waals surface area contributed by atoms with E-state index in [1.165, 1.54) is 16.9 Å². The number of hydrogen-bond donors (Lipinski definition) is 0. The molecule has 3 aromatic carbocycles. The Morgan fingerprint density at radius 3 is 2.20 bits per heavy atom. The summed E-state index contributed by atoms with van der Waals surface area (Å²) in [4.78, 5) is 7.03. The summed E-state index contributed by atoms with van der Waals surface area (Å²) in [5, 5.41) is 0. The molecule has 124 valence electrons. The minimum Gasteiger partial charge on any atom is -0.378 e. The number of imidazole rings is 1. The van der Waals surface area contributed by atoms with Crippen LogP contribution < -0.4 is 4.90 Å². The number of nitrogens with zero attached hydrogens (tertiary/aromatic N) is 3. The van der Waals surface area contributed by atoms with Crippen molar-refractivity contribution in [2.24, 2.45) is 0 Å². The normalized spacial score (nSPS) is 11.0. The average Bonchev–Trinajstić information content (AvgIpc) is 3.01. The van der Waals surface area contributed by atoms with Gasteiger partial charge < -0.3 is 4.90 Å². The Morgan fingerprint density at radius 1 is 0.800 bits per heavy atom. The number of fused-ring (bicyclic) bond motifs is 1. The van der Waals surface area contributed by atoms with E-state index < -0.39 is 0 Å². The van der Waals surface area contributed by atoms with Crippen LogP contribution in [0.2, 0.25) is 0 Å². The molecule has 0 saturated carbocycles. The van der Waals surface area contributed by atoms with Crippen molar-refractivity contribution in [2.45, 2.75) is 6.92 Å². The second-order valence-corrected chi connectivity index (χ2v) is 6.49. The summed E-state index contributed by atoms with van der Waals surface area (Å²) in [6, 6.07) is 25.3. The first-order chi connectivity index (χ1) is 12.1. The molecule has 0 spiro atoms. The minimum atomic E-state index is 0.973. The van der Waals surface area contributed by atoms with Gasteiger partial charge in [0.05, 0.1) is 16.7 Å². The number of anilines is 1. The second kappa shape index (κ2) is 6.10. The fraction of sp³-hybridized carbons (Fsp3) is 0.136. The first-order valence-electron chi connectivity index (χ1n) is 8.46. The van der Waals surface area contributed by atoms with Crippen LogP contribution >= 0.6 is 0 Å². The topological polar surface area (TPSA) is 21.1 Å². The molecule has 0 fully saturated rings. The van der Waals surface area contributed by atoms with E-state index in [0.29, 0.717) is 0 Å². The van der Waals surface area contributed by atoms with Gasteiger partial charge in [-0.05, 0) is 55.0 Å². The van der Waals surface area contributed by atoms with Crippen LogP contribution in [0.4, 0.5) is 5.69 Å². The maximum absolute atomic E-state index is 4.92. The molecule has 0 unspecified atom stereocenters. The van der Waals surface area contributed by atoms with E-state index in [2.05, 4.69) is 97.2 Å². The van der Waals surface area contributed by atoms with Crippen molar-refractivity contribution < 1.29 is 0 Å². The van der Waals surface area contributed by atoms with Crippen LogP contribution in [-0.2, 0) is 0 Å². The summed E-state index contributed by atoms with van der Waals surface area (Å²) in [5.41, 5.74) is 6.84. The van der Waals surface area contributed by atoms with E-state index in [1.54, 1.807) is 0 Å².